The fourth-order valence-corrected chi connectivity index (χ4v) is 9.62. The summed E-state index contributed by atoms with van der Waals surface area (Å²) in [5.41, 5.74) is 1.11. The van der Waals surface area contributed by atoms with Gasteiger partial charge in [0, 0.05) is 5.41 Å². The van der Waals surface area contributed by atoms with E-state index in [1.165, 1.54) is 38.5 Å². The molecule has 2 nitrogen and oxygen atoms in total. The Balaban J connectivity index is 1.61. The number of aliphatic hydroxyl groups is 1. The lowest BCUT2D eigenvalue weighted by atomic mass is 9.54. The van der Waals surface area contributed by atoms with E-state index in [-0.39, 0.29) is 22.9 Å². The van der Waals surface area contributed by atoms with E-state index >= 15 is 0 Å². The second kappa shape index (κ2) is 3.98. The maximum Gasteiger partial charge on any atom is 0.0661 e. The lowest BCUT2D eigenvalue weighted by molar-refractivity contribution is -0.0988. The highest BCUT2D eigenvalue weighted by molar-refractivity contribution is 5.39. The average Bonchev–Trinajstić information content (AvgIpc) is 2.78. The summed E-state index contributed by atoms with van der Waals surface area (Å²) in [6.45, 7) is 7.27. The molecule has 9 atom stereocenters. The molecule has 0 saturated heterocycles. The molecular formula is C21H31NO. The fraction of sp³-hybridized carbons (Fsp3) is 0.952. The predicted octanol–water partition coefficient (Wildman–Crippen LogP) is 4.53. The van der Waals surface area contributed by atoms with Gasteiger partial charge in [-0.15, -0.1) is 0 Å². The van der Waals surface area contributed by atoms with Crippen LogP contribution in [0.15, 0.2) is 0 Å². The highest BCUT2D eigenvalue weighted by atomic mass is 16.3. The molecule has 2 heteroatoms. The van der Waals surface area contributed by atoms with Crippen molar-refractivity contribution in [3.05, 3.63) is 0 Å². The highest BCUT2D eigenvalue weighted by Crippen LogP contribution is 2.95. The summed E-state index contributed by atoms with van der Waals surface area (Å²) in [7, 11) is 0. The molecule has 1 N–H and O–H groups in total. The van der Waals surface area contributed by atoms with Crippen LogP contribution in [0.2, 0.25) is 0 Å². The van der Waals surface area contributed by atoms with E-state index in [2.05, 4.69) is 26.8 Å². The average molecular weight is 313 g/mol. The molecule has 0 aliphatic heterocycles. The van der Waals surface area contributed by atoms with Gasteiger partial charge < -0.3 is 5.11 Å². The van der Waals surface area contributed by atoms with Gasteiger partial charge in [0.25, 0.3) is 0 Å². The van der Waals surface area contributed by atoms with Crippen LogP contribution < -0.4 is 0 Å². The van der Waals surface area contributed by atoms with Crippen molar-refractivity contribution in [2.45, 2.75) is 78.2 Å². The maximum absolute atomic E-state index is 11.5. The summed E-state index contributed by atoms with van der Waals surface area (Å²) in [4.78, 5) is 0. The summed E-state index contributed by atoms with van der Waals surface area (Å²) in [5.74, 6) is 2.36. The Kier molecular flexibility index (Phi) is 2.56. The first-order chi connectivity index (χ1) is 10.9. The normalized spacial score (nSPS) is 66.0. The van der Waals surface area contributed by atoms with E-state index in [0.717, 1.165) is 18.8 Å². The Morgan fingerprint density at radius 2 is 1.74 bits per heavy atom. The van der Waals surface area contributed by atoms with Crippen LogP contribution >= 0.6 is 0 Å². The number of aliphatic hydroxyl groups excluding tert-OH is 1. The van der Waals surface area contributed by atoms with Gasteiger partial charge in [-0.2, -0.15) is 5.26 Å². The van der Waals surface area contributed by atoms with E-state index in [1.54, 1.807) is 0 Å². The van der Waals surface area contributed by atoms with Gasteiger partial charge in [-0.1, -0.05) is 27.2 Å². The van der Waals surface area contributed by atoms with Gasteiger partial charge in [-0.3, -0.25) is 0 Å². The van der Waals surface area contributed by atoms with Crippen molar-refractivity contribution in [3.63, 3.8) is 0 Å². The molecule has 0 aromatic carbocycles. The molecule has 126 valence electrons. The number of hydrogen-bond acceptors (Lipinski definition) is 2. The monoisotopic (exact) mass is 313 g/mol. The number of rotatable bonds is 0. The minimum atomic E-state index is -0.166. The molecule has 5 fully saturated rings. The summed E-state index contributed by atoms with van der Waals surface area (Å²) in [6.07, 6.45) is 9.72. The second-order valence-corrected chi connectivity index (χ2v) is 10.4. The van der Waals surface area contributed by atoms with Gasteiger partial charge in [-0.25, -0.2) is 0 Å². The first kappa shape index (κ1) is 14.8. The third kappa shape index (κ3) is 1.22. The molecule has 2 spiro atoms. The zero-order valence-corrected chi connectivity index (χ0v) is 14.9. The molecule has 5 rings (SSSR count). The molecule has 5 aliphatic carbocycles. The molecular weight excluding hydrogens is 282 g/mol. The molecule has 0 amide bonds. The van der Waals surface area contributed by atoms with Gasteiger partial charge in [0.15, 0.2) is 0 Å². The lowest BCUT2D eigenvalue weighted by Crippen LogP contribution is -2.50. The van der Waals surface area contributed by atoms with Gasteiger partial charge >= 0.3 is 0 Å². The van der Waals surface area contributed by atoms with E-state index in [4.69, 9.17) is 0 Å². The van der Waals surface area contributed by atoms with E-state index in [9.17, 15) is 10.4 Å². The van der Waals surface area contributed by atoms with Gasteiger partial charge in [0.05, 0.1) is 18.1 Å². The Morgan fingerprint density at radius 1 is 1.00 bits per heavy atom. The van der Waals surface area contributed by atoms with Crippen molar-refractivity contribution in [2.24, 2.45) is 45.3 Å². The Labute approximate surface area is 140 Å². The molecule has 0 bridgehead atoms. The Morgan fingerprint density at radius 3 is 2.48 bits per heavy atom. The summed E-state index contributed by atoms with van der Waals surface area (Å²) < 4.78 is 0. The SMILES string of the molecule is CC1CCC23CCC4C5CCC(C#N)C5(C)CC(O)C42C3(C)C1. The maximum atomic E-state index is 11.5. The number of nitrogens with zero attached hydrogens (tertiary/aromatic N) is 1. The summed E-state index contributed by atoms with van der Waals surface area (Å²) in [5, 5.41) is 21.1. The van der Waals surface area contributed by atoms with Crippen molar-refractivity contribution in [2.75, 3.05) is 0 Å². The number of nitriles is 1. The smallest absolute Gasteiger partial charge is 0.0661 e. The van der Waals surface area contributed by atoms with Crippen LogP contribution in [-0.4, -0.2) is 11.2 Å². The molecule has 0 aromatic rings. The van der Waals surface area contributed by atoms with Crippen LogP contribution in [0, 0.1) is 56.7 Å². The van der Waals surface area contributed by atoms with Gasteiger partial charge in [0.1, 0.15) is 0 Å². The zero-order valence-electron chi connectivity index (χ0n) is 14.9. The quantitative estimate of drug-likeness (QED) is 0.714. The second-order valence-electron chi connectivity index (χ2n) is 10.4. The van der Waals surface area contributed by atoms with Crippen molar-refractivity contribution in [1.82, 2.24) is 0 Å². The molecule has 0 radical (unpaired) electrons. The van der Waals surface area contributed by atoms with Crippen molar-refractivity contribution in [3.8, 4) is 6.07 Å². The molecule has 9 unspecified atom stereocenters. The van der Waals surface area contributed by atoms with E-state index in [1.807, 2.05) is 0 Å². The third-order valence-corrected chi connectivity index (χ3v) is 10.2. The zero-order chi connectivity index (χ0) is 16.3. The molecule has 5 saturated carbocycles. The van der Waals surface area contributed by atoms with Crippen molar-refractivity contribution >= 4 is 0 Å². The van der Waals surface area contributed by atoms with Crippen LogP contribution in [-0.2, 0) is 0 Å². The van der Waals surface area contributed by atoms with Crippen LogP contribution in [0.5, 0.6) is 0 Å². The third-order valence-electron chi connectivity index (χ3n) is 10.2. The van der Waals surface area contributed by atoms with E-state index in [0.29, 0.717) is 22.7 Å². The Bertz CT molecular complexity index is 609. The topological polar surface area (TPSA) is 44.0 Å². The standard InChI is InChI=1S/C21H31NO/c1-13-6-8-20-9-7-16-15-5-4-14(12-22)18(15,2)11-17(23)21(16,20)19(20,3)10-13/h13-17,23H,4-11H2,1-3H3. The number of fused-ring (bicyclic) bond motifs is 2. The van der Waals surface area contributed by atoms with Crippen LogP contribution in [0.3, 0.4) is 0 Å². The van der Waals surface area contributed by atoms with Gasteiger partial charge in [0.2, 0.25) is 0 Å². The molecule has 5 aliphatic rings. The summed E-state index contributed by atoms with van der Waals surface area (Å²) >= 11 is 0. The highest BCUT2D eigenvalue weighted by Gasteiger charge is 2.92. The largest absolute Gasteiger partial charge is 0.392 e. The fourth-order valence-electron chi connectivity index (χ4n) is 9.62. The molecule has 0 heterocycles. The first-order valence-corrected chi connectivity index (χ1v) is 9.95. The molecule has 23 heavy (non-hydrogen) atoms. The van der Waals surface area contributed by atoms with Crippen LogP contribution in [0.25, 0.3) is 0 Å². The van der Waals surface area contributed by atoms with Gasteiger partial charge in [-0.05, 0) is 78.9 Å². The van der Waals surface area contributed by atoms with Crippen molar-refractivity contribution < 1.29 is 5.11 Å². The van der Waals surface area contributed by atoms with E-state index < -0.39 is 0 Å². The Hall–Kier alpha value is -0.550. The van der Waals surface area contributed by atoms with Crippen LogP contribution in [0.4, 0.5) is 0 Å². The molecule has 0 aromatic heterocycles. The van der Waals surface area contributed by atoms with Crippen LogP contribution in [0.1, 0.15) is 72.1 Å². The predicted molar refractivity (Wildman–Crippen MR) is 89.3 cm³/mol. The van der Waals surface area contributed by atoms with Crippen molar-refractivity contribution in [1.29, 1.82) is 5.26 Å². The number of hydrogen-bond donors (Lipinski definition) is 1. The minimum absolute atomic E-state index is 0.0728. The lowest BCUT2D eigenvalue weighted by Gasteiger charge is -2.51. The first-order valence-electron chi connectivity index (χ1n) is 9.95. The summed E-state index contributed by atoms with van der Waals surface area (Å²) in [6, 6.07) is 2.60. The minimum Gasteiger partial charge on any atom is -0.392 e.